The van der Waals surface area contributed by atoms with Gasteiger partial charge < -0.3 is 4.74 Å². The molecule has 136 valence electrons. The van der Waals surface area contributed by atoms with Gasteiger partial charge in [-0.15, -0.1) is 11.8 Å². The van der Waals surface area contributed by atoms with Crippen LogP contribution in [-0.2, 0) is 14.3 Å². The number of hydrogen-bond donors (Lipinski definition) is 0. The molecule has 0 aliphatic carbocycles. The highest BCUT2D eigenvalue weighted by atomic mass is 35.5. The van der Waals surface area contributed by atoms with E-state index >= 15 is 0 Å². The van der Waals surface area contributed by atoms with Gasteiger partial charge in [-0.3, -0.25) is 14.5 Å². The van der Waals surface area contributed by atoms with Crippen LogP contribution in [0.5, 0.6) is 0 Å². The van der Waals surface area contributed by atoms with Crippen LogP contribution < -0.4 is 0 Å². The summed E-state index contributed by atoms with van der Waals surface area (Å²) in [4.78, 5) is 27.3. The number of imide groups is 1. The van der Waals surface area contributed by atoms with Crippen LogP contribution in [0.15, 0.2) is 23.1 Å². The normalized spacial score (nSPS) is 15.0. The molecule has 1 aliphatic rings. The fourth-order valence-electron chi connectivity index (χ4n) is 2.51. The van der Waals surface area contributed by atoms with Crippen molar-refractivity contribution in [1.29, 1.82) is 0 Å². The molecule has 2 amide bonds. The lowest BCUT2D eigenvalue weighted by atomic mass is 10.1. The molecule has 1 aromatic rings. The molecule has 0 aromatic heterocycles. The minimum atomic E-state index is -0.310. The standard InChI is InChI=1S/C18H21Cl2NO3S/c1-4-25-16-15(13-7-6-12(19)10-14(13)20)17(22)21(18(16)23)8-5-9-24-11(2)3/h6-7,10-11H,4-5,8-9H2,1-3H3. The highest BCUT2D eigenvalue weighted by molar-refractivity contribution is 8.04. The van der Waals surface area contributed by atoms with E-state index in [2.05, 4.69) is 0 Å². The fourth-order valence-corrected chi connectivity index (χ4v) is 3.87. The zero-order valence-corrected chi connectivity index (χ0v) is 16.8. The first kappa shape index (κ1) is 20.3. The summed E-state index contributed by atoms with van der Waals surface area (Å²) in [6.07, 6.45) is 0.721. The average Bonchev–Trinajstić information content (AvgIpc) is 2.76. The SMILES string of the molecule is CCSC1=C(c2ccc(Cl)cc2Cl)C(=O)N(CCCOC(C)C)C1=O. The summed E-state index contributed by atoms with van der Waals surface area (Å²) >= 11 is 13.6. The third kappa shape index (κ3) is 4.79. The Morgan fingerprint density at radius 2 is 1.92 bits per heavy atom. The molecule has 1 heterocycles. The number of ether oxygens (including phenoxy) is 1. The minimum Gasteiger partial charge on any atom is -0.379 e. The highest BCUT2D eigenvalue weighted by Crippen LogP contribution is 2.39. The predicted molar refractivity (Wildman–Crippen MR) is 104 cm³/mol. The van der Waals surface area contributed by atoms with Gasteiger partial charge in [0, 0.05) is 23.7 Å². The molecular weight excluding hydrogens is 381 g/mol. The first-order chi connectivity index (χ1) is 11.9. The van der Waals surface area contributed by atoms with E-state index in [1.807, 2.05) is 20.8 Å². The van der Waals surface area contributed by atoms with E-state index in [0.717, 1.165) is 0 Å². The number of benzene rings is 1. The Hall–Kier alpha value is -1.01. The Kier molecular flexibility index (Phi) is 7.37. The van der Waals surface area contributed by atoms with Crippen molar-refractivity contribution < 1.29 is 14.3 Å². The van der Waals surface area contributed by atoms with Gasteiger partial charge in [-0.25, -0.2) is 0 Å². The smallest absolute Gasteiger partial charge is 0.267 e. The van der Waals surface area contributed by atoms with Crippen LogP contribution in [0, 0.1) is 0 Å². The molecule has 0 radical (unpaired) electrons. The van der Waals surface area contributed by atoms with Crippen molar-refractivity contribution in [3.05, 3.63) is 38.7 Å². The molecule has 25 heavy (non-hydrogen) atoms. The quantitative estimate of drug-likeness (QED) is 0.470. The molecule has 2 rings (SSSR count). The highest BCUT2D eigenvalue weighted by Gasteiger charge is 2.39. The van der Waals surface area contributed by atoms with Gasteiger partial charge in [0.25, 0.3) is 11.8 Å². The third-order valence-corrected chi connectivity index (χ3v) is 5.10. The maximum absolute atomic E-state index is 12.9. The molecule has 1 aliphatic heterocycles. The molecular formula is C18H21Cl2NO3S. The second kappa shape index (κ2) is 9.08. The maximum atomic E-state index is 12.9. The van der Waals surface area contributed by atoms with E-state index in [9.17, 15) is 9.59 Å². The molecule has 0 atom stereocenters. The number of nitrogens with zero attached hydrogens (tertiary/aromatic N) is 1. The van der Waals surface area contributed by atoms with Crippen molar-refractivity contribution in [3.63, 3.8) is 0 Å². The molecule has 0 bridgehead atoms. The first-order valence-corrected chi connectivity index (χ1v) is 9.91. The van der Waals surface area contributed by atoms with E-state index < -0.39 is 0 Å². The lowest BCUT2D eigenvalue weighted by molar-refractivity contribution is -0.136. The van der Waals surface area contributed by atoms with Crippen LogP contribution in [0.25, 0.3) is 5.57 Å². The van der Waals surface area contributed by atoms with Gasteiger partial charge in [0.1, 0.15) is 0 Å². The Morgan fingerprint density at radius 3 is 2.52 bits per heavy atom. The third-order valence-electron chi connectivity index (χ3n) is 3.59. The predicted octanol–water partition coefficient (Wildman–Crippen LogP) is 4.64. The monoisotopic (exact) mass is 401 g/mol. The van der Waals surface area contributed by atoms with Gasteiger partial charge in [0.15, 0.2) is 0 Å². The summed E-state index contributed by atoms with van der Waals surface area (Å²) in [5, 5.41) is 0.848. The summed E-state index contributed by atoms with van der Waals surface area (Å²) in [6, 6.07) is 4.93. The van der Waals surface area contributed by atoms with Gasteiger partial charge in [-0.2, -0.15) is 0 Å². The number of rotatable bonds is 8. The number of hydrogen-bond acceptors (Lipinski definition) is 4. The van der Waals surface area contributed by atoms with Crippen molar-refractivity contribution in [1.82, 2.24) is 4.90 Å². The number of thioether (sulfide) groups is 1. The van der Waals surface area contributed by atoms with Crippen LogP contribution >= 0.6 is 35.0 Å². The zero-order chi connectivity index (χ0) is 18.6. The van der Waals surface area contributed by atoms with Crippen LogP contribution in [0.4, 0.5) is 0 Å². The van der Waals surface area contributed by atoms with E-state index in [1.165, 1.54) is 16.7 Å². The Labute approximate surface area is 162 Å². The van der Waals surface area contributed by atoms with Gasteiger partial charge >= 0.3 is 0 Å². The molecule has 0 saturated carbocycles. The van der Waals surface area contributed by atoms with Gasteiger partial charge in [-0.05, 0) is 38.2 Å². The van der Waals surface area contributed by atoms with Gasteiger partial charge in [-0.1, -0.05) is 36.2 Å². The molecule has 0 fully saturated rings. The van der Waals surface area contributed by atoms with Crippen molar-refractivity contribution in [2.24, 2.45) is 0 Å². The summed E-state index contributed by atoms with van der Waals surface area (Å²) in [5.41, 5.74) is 0.907. The number of carbonyl (C=O) groups is 2. The van der Waals surface area contributed by atoms with E-state index in [1.54, 1.807) is 18.2 Å². The van der Waals surface area contributed by atoms with Crippen molar-refractivity contribution in [2.75, 3.05) is 18.9 Å². The summed E-state index contributed by atoms with van der Waals surface area (Å²) in [6.45, 7) is 6.67. The summed E-state index contributed by atoms with van der Waals surface area (Å²) < 4.78 is 5.49. The Morgan fingerprint density at radius 1 is 1.20 bits per heavy atom. The number of carbonyl (C=O) groups excluding carboxylic acids is 2. The molecule has 0 saturated heterocycles. The Bertz CT molecular complexity index is 704. The molecule has 0 N–H and O–H groups in total. The van der Waals surface area contributed by atoms with Gasteiger partial charge in [0.05, 0.1) is 21.6 Å². The molecule has 4 nitrogen and oxygen atoms in total. The average molecular weight is 402 g/mol. The lowest BCUT2D eigenvalue weighted by Gasteiger charge is -2.16. The van der Waals surface area contributed by atoms with Crippen LogP contribution in [0.1, 0.15) is 32.8 Å². The zero-order valence-electron chi connectivity index (χ0n) is 14.5. The Balaban J connectivity index is 2.26. The maximum Gasteiger partial charge on any atom is 0.267 e. The van der Waals surface area contributed by atoms with E-state index in [0.29, 0.717) is 51.4 Å². The number of amides is 2. The van der Waals surface area contributed by atoms with Crippen molar-refractivity contribution in [3.8, 4) is 0 Å². The van der Waals surface area contributed by atoms with E-state index in [-0.39, 0.29) is 17.9 Å². The number of halogens is 2. The summed E-state index contributed by atoms with van der Waals surface area (Å²) in [7, 11) is 0. The fraction of sp³-hybridized carbons (Fsp3) is 0.444. The lowest BCUT2D eigenvalue weighted by Crippen LogP contribution is -2.33. The summed E-state index contributed by atoms with van der Waals surface area (Å²) in [5.74, 6) is 0.116. The van der Waals surface area contributed by atoms with Crippen molar-refractivity contribution >= 4 is 52.4 Å². The van der Waals surface area contributed by atoms with Crippen LogP contribution in [-0.4, -0.2) is 41.7 Å². The minimum absolute atomic E-state index is 0.123. The topological polar surface area (TPSA) is 46.6 Å². The van der Waals surface area contributed by atoms with Gasteiger partial charge in [0.2, 0.25) is 0 Å². The molecule has 0 unspecified atom stereocenters. The molecule has 1 aromatic carbocycles. The van der Waals surface area contributed by atoms with Crippen molar-refractivity contribution in [2.45, 2.75) is 33.3 Å². The first-order valence-electron chi connectivity index (χ1n) is 8.17. The largest absolute Gasteiger partial charge is 0.379 e. The van der Waals surface area contributed by atoms with E-state index in [4.69, 9.17) is 27.9 Å². The second-order valence-corrected chi connectivity index (χ2v) is 7.91. The van der Waals surface area contributed by atoms with Crippen LogP contribution in [0.3, 0.4) is 0 Å². The molecule has 7 heteroatoms. The molecule has 0 spiro atoms. The van der Waals surface area contributed by atoms with Crippen LogP contribution in [0.2, 0.25) is 10.0 Å². The second-order valence-electron chi connectivity index (χ2n) is 5.80.